The second-order valence-electron chi connectivity index (χ2n) is 10.4. The maximum Gasteiger partial charge on any atom is 0.226 e. The Balaban J connectivity index is 1.73. The van der Waals surface area contributed by atoms with Crippen LogP contribution in [0.4, 0.5) is 0 Å². The Bertz CT molecular complexity index is 739. The van der Waals surface area contributed by atoms with E-state index >= 15 is 0 Å². The van der Waals surface area contributed by atoms with Crippen molar-refractivity contribution in [1.82, 2.24) is 15.2 Å². The van der Waals surface area contributed by atoms with E-state index < -0.39 is 0 Å². The Morgan fingerprint density at radius 1 is 1.07 bits per heavy atom. The van der Waals surface area contributed by atoms with Gasteiger partial charge in [-0.3, -0.25) is 9.59 Å². The van der Waals surface area contributed by atoms with Crippen molar-refractivity contribution in [1.29, 1.82) is 0 Å². The van der Waals surface area contributed by atoms with Gasteiger partial charge in [0, 0.05) is 35.8 Å². The van der Waals surface area contributed by atoms with E-state index in [0.717, 1.165) is 43.0 Å². The summed E-state index contributed by atoms with van der Waals surface area (Å²) < 4.78 is 5.95. The number of carbonyl (C=O) groups is 2. The SMILES string of the molecule is CC(C)(C)NC(=O)[C@@H]1CCCC[C@@H]1C(=O)N1CCc2oc(C(C)(C)C)nc2C1. The summed E-state index contributed by atoms with van der Waals surface area (Å²) in [6.45, 7) is 13.3. The summed E-state index contributed by atoms with van der Waals surface area (Å²) in [5.41, 5.74) is 0.439. The fourth-order valence-electron chi connectivity index (χ4n) is 4.14. The van der Waals surface area contributed by atoms with Gasteiger partial charge in [-0.2, -0.15) is 0 Å². The minimum absolute atomic E-state index is 0.0136. The molecule has 6 nitrogen and oxygen atoms in total. The van der Waals surface area contributed by atoms with Crippen LogP contribution in [0.25, 0.3) is 0 Å². The Morgan fingerprint density at radius 3 is 2.32 bits per heavy atom. The highest BCUT2D eigenvalue weighted by atomic mass is 16.4. The van der Waals surface area contributed by atoms with Crippen LogP contribution in [0.1, 0.15) is 84.6 Å². The van der Waals surface area contributed by atoms with Gasteiger partial charge in [0.05, 0.1) is 6.54 Å². The molecule has 0 spiro atoms. The van der Waals surface area contributed by atoms with Crippen molar-refractivity contribution in [2.45, 2.75) is 91.1 Å². The fraction of sp³-hybridized carbons (Fsp3) is 0.773. The first kappa shape index (κ1) is 20.9. The van der Waals surface area contributed by atoms with E-state index in [1.165, 1.54) is 0 Å². The molecule has 1 aliphatic heterocycles. The Hall–Kier alpha value is -1.85. The number of rotatable bonds is 2. The lowest BCUT2D eigenvalue weighted by Crippen LogP contribution is -2.50. The summed E-state index contributed by atoms with van der Waals surface area (Å²) in [4.78, 5) is 32.7. The van der Waals surface area contributed by atoms with E-state index in [0.29, 0.717) is 19.5 Å². The molecule has 0 aromatic carbocycles. The number of carbonyl (C=O) groups excluding carboxylic acids is 2. The van der Waals surface area contributed by atoms with E-state index in [1.807, 2.05) is 25.7 Å². The van der Waals surface area contributed by atoms with E-state index in [2.05, 4.69) is 31.1 Å². The van der Waals surface area contributed by atoms with Crippen LogP contribution < -0.4 is 5.32 Å². The van der Waals surface area contributed by atoms with Gasteiger partial charge in [0.25, 0.3) is 0 Å². The van der Waals surface area contributed by atoms with E-state index in [9.17, 15) is 9.59 Å². The van der Waals surface area contributed by atoms with Crippen molar-refractivity contribution in [2.24, 2.45) is 11.8 Å². The summed E-state index contributed by atoms with van der Waals surface area (Å²) >= 11 is 0. The molecule has 6 heteroatoms. The topological polar surface area (TPSA) is 75.4 Å². The largest absolute Gasteiger partial charge is 0.445 e. The first-order chi connectivity index (χ1) is 13.0. The van der Waals surface area contributed by atoms with Crippen molar-refractivity contribution in [3.8, 4) is 0 Å². The zero-order valence-electron chi connectivity index (χ0n) is 18.2. The molecule has 2 heterocycles. The summed E-state index contributed by atoms with van der Waals surface area (Å²) in [7, 11) is 0. The molecule has 3 rings (SSSR count). The van der Waals surface area contributed by atoms with Crippen molar-refractivity contribution in [3.63, 3.8) is 0 Å². The number of oxazole rings is 1. The molecule has 1 aliphatic carbocycles. The Morgan fingerprint density at radius 2 is 1.71 bits per heavy atom. The molecule has 2 atom stereocenters. The molecule has 1 fully saturated rings. The molecule has 2 aliphatic rings. The van der Waals surface area contributed by atoms with Crippen LogP contribution in [0.2, 0.25) is 0 Å². The van der Waals surface area contributed by atoms with Crippen molar-refractivity contribution in [3.05, 3.63) is 17.3 Å². The fourth-order valence-corrected chi connectivity index (χ4v) is 4.14. The third-order valence-electron chi connectivity index (χ3n) is 5.60. The number of hydrogen-bond donors (Lipinski definition) is 1. The molecule has 0 radical (unpaired) electrons. The van der Waals surface area contributed by atoms with Crippen LogP contribution in [0.3, 0.4) is 0 Å². The van der Waals surface area contributed by atoms with Crippen LogP contribution in [0.15, 0.2) is 4.42 Å². The summed E-state index contributed by atoms with van der Waals surface area (Å²) in [6.07, 6.45) is 4.28. The van der Waals surface area contributed by atoms with Crippen LogP contribution in [0, 0.1) is 11.8 Å². The summed E-state index contributed by atoms with van der Waals surface area (Å²) in [6, 6.07) is 0. The zero-order valence-corrected chi connectivity index (χ0v) is 18.2. The average molecular weight is 390 g/mol. The normalized spacial score (nSPS) is 23.3. The lowest BCUT2D eigenvalue weighted by atomic mass is 9.77. The van der Waals surface area contributed by atoms with Crippen molar-refractivity contribution >= 4 is 11.8 Å². The second-order valence-corrected chi connectivity index (χ2v) is 10.4. The van der Waals surface area contributed by atoms with Crippen LogP contribution in [-0.2, 0) is 28.0 Å². The first-order valence-electron chi connectivity index (χ1n) is 10.6. The predicted octanol–water partition coefficient (Wildman–Crippen LogP) is 3.58. The van der Waals surface area contributed by atoms with Gasteiger partial charge in [-0.25, -0.2) is 4.98 Å². The molecule has 1 saturated carbocycles. The number of nitrogens with zero attached hydrogens (tertiary/aromatic N) is 2. The monoisotopic (exact) mass is 389 g/mol. The lowest BCUT2D eigenvalue weighted by molar-refractivity contribution is -0.145. The third kappa shape index (κ3) is 4.58. The standard InChI is InChI=1S/C22H35N3O3/c1-21(2,3)20-23-16-13-25(12-11-17(16)28-20)19(27)15-10-8-7-9-14(15)18(26)24-22(4,5)6/h14-15H,7-13H2,1-6H3,(H,24,26)/t14-,15+/m1/s1. The smallest absolute Gasteiger partial charge is 0.226 e. The molecular formula is C22H35N3O3. The van der Waals surface area contributed by atoms with Gasteiger partial charge >= 0.3 is 0 Å². The van der Waals surface area contributed by atoms with Crippen molar-refractivity contribution < 1.29 is 14.0 Å². The maximum absolute atomic E-state index is 13.3. The molecule has 0 unspecified atom stereocenters. The number of nitrogens with one attached hydrogen (secondary N) is 1. The minimum Gasteiger partial charge on any atom is -0.445 e. The van der Waals surface area contributed by atoms with E-state index in [-0.39, 0.29) is 34.6 Å². The van der Waals surface area contributed by atoms with Crippen LogP contribution in [-0.4, -0.2) is 33.8 Å². The minimum atomic E-state index is -0.285. The third-order valence-corrected chi connectivity index (χ3v) is 5.60. The van der Waals surface area contributed by atoms with Crippen LogP contribution in [0.5, 0.6) is 0 Å². The second kappa shape index (κ2) is 7.53. The Labute approximate surface area is 168 Å². The van der Waals surface area contributed by atoms with Gasteiger partial charge in [0.2, 0.25) is 11.8 Å². The molecule has 1 N–H and O–H groups in total. The van der Waals surface area contributed by atoms with Gasteiger partial charge in [0.15, 0.2) is 5.89 Å². The molecular weight excluding hydrogens is 354 g/mol. The highest BCUT2D eigenvalue weighted by molar-refractivity contribution is 5.88. The number of fused-ring (bicyclic) bond motifs is 1. The summed E-state index contributed by atoms with van der Waals surface area (Å²) in [5.74, 6) is 1.28. The van der Waals surface area contributed by atoms with Gasteiger partial charge in [0.1, 0.15) is 11.5 Å². The van der Waals surface area contributed by atoms with Gasteiger partial charge in [-0.1, -0.05) is 33.6 Å². The summed E-state index contributed by atoms with van der Waals surface area (Å²) in [5, 5.41) is 3.08. The molecule has 2 amide bonds. The zero-order chi connectivity index (χ0) is 20.7. The van der Waals surface area contributed by atoms with E-state index in [1.54, 1.807) is 0 Å². The lowest BCUT2D eigenvalue weighted by Gasteiger charge is -2.36. The number of amides is 2. The molecule has 1 aromatic heterocycles. The molecule has 156 valence electrons. The molecule has 0 saturated heterocycles. The van der Waals surface area contributed by atoms with Gasteiger partial charge < -0.3 is 14.6 Å². The molecule has 1 aromatic rings. The van der Waals surface area contributed by atoms with Crippen LogP contribution >= 0.6 is 0 Å². The first-order valence-corrected chi connectivity index (χ1v) is 10.6. The maximum atomic E-state index is 13.3. The van der Waals surface area contributed by atoms with Gasteiger partial charge in [-0.05, 0) is 33.6 Å². The quantitative estimate of drug-likeness (QED) is 0.839. The van der Waals surface area contributed by atoms with Crippen molar-refractivity contribution in [2.75, 3.05) is 6.54 Å². The number of aromatic nitrogens is 1. The molecule has 0 bridgehead atoms. The highest BCUT2D eigenvalue weighted by Crippen LogP contribution is 2.34. The van der Waals surface area contributed by atoms with E-state index in [4.69, 9.17) is 4.42 Å². The Kier molecular flexibility index (Phi) is 5.61. The predicted molar refractivity (Wildman–Crippen MR) is 108 cm³/mol. The number of hydrogen-bond acceptors (Lipinski definition) is 4. The highest BCUT2D eigenvalue weighted by Gasteiger charge is 2.40. The average Bonchev–Trinajstić information content (AvgIpc) is 3.03. The molecule has 28 heavy (non-hydrogen) atoms. The van der Waals surface area contributed by atoms with Gasteiger partial charge in [-0.15, -0.1) is 0 Å².